The molecular weight excluding hydrogens is 382 g/mol. The molecule has 0 aliphatic carbocycles. The number of nitrogens with zero attached hydrogens (tertiary/aromatic N) is 2. The van der Waals surface area contributed by atoms with E-state index < -0.39 is 17.3 Å². The van der Waals surface area contributed by atoms with Crippen molar-refractivity contribution in [1.82, 2.24) is 4.98 Å². The number of pyridine rings is 1. The second-order valence-electron chi connectivity index (χ2n) is 5.94. The summed E-state index contributed by atoms with van der Waals surface area (Å²) in [5.74, 6) is -1.01. The molecule has 3 N–H and O–H groups in total. The highest BCUT2D eigenvalue weighted by Crippen LogP contribution is 2.35. The zero-order valence-electron chi connectivity index (χ0n) is 13.7. The van der Waals surface area contributed by atoms with Crippen LogP contribution in [0.2, 0.25) is 10.0 Å². The number of amides is 1. The fraction of sp³-hybridized carbons (Fsp3) is 0.235. The van der Waals surface area contributed by atoms with E-state index in [1.54, 1.807) is 6.92 Å². The van der Waals surface area contributed by atoms with Crippen LogP contribution in [-0.2, 0) is 10.3 Å². The van der Waals surface area contributed by atoms with E-state index in [0.29, 0.717) is 23.7 Å². The Kier molecular flexibility index (Phi) is 5.02. The van der Waals surface area contributed by atoms with Crippen molar-refractivity contribution in [3.8, 4) is 0 Å². The zero-order chi connectivity index (χ0) is 18.9. The first-order valence-electron chi connectivity index (χ1n) is 7.70. The standard InChI is InChI=1S/C17H15Cl2FN4O2/c1-17(4-5-22-16(21)26-17)11-7-10(2-3-13(11)20)24-15(25)14-12(19)6-9(18)8-23-14/h2-3,6-8H,4-5H2,1H3,(H2,21,22)(H,24,25)/t17-/m0/s1. The lowest BCUT2D eigenvalue weighted by Crippen LogP contribution is -2.38. The summed E-state index contributed by atoms with van der Waals surface area (Å²) in [6.45, 7) is 2.14. The molecular formula is C17H15Cl2FN4O2. The Balaban J connectivity index is 1.88. The van der Waals surface area contributed by atoms with Gasteiger partial charge in [0.15, 0.2) is 0 Å². The number of hydrogen-bond donors (Lipinski definition) is 2. The molecule has 0 saturated heterocycles. The fourth-order valence-electron chi connectivity index (χ4n) is 2.66. The van der Waals surface area contributed by atoms with E-state index in [4.69, 9.17) is 33.7 Å². The number of carbonyl (C=O) groups excluding carboxylic acids is 1. The first kappa shape index (κ1) is 18.4. The summed E-state index contributed by atoms with van der Waals surface area (Å²) in [6, 6.07) is 5.60. The number of benzene rings is 1. The number of nitrogens with one attached hydrogen (secondary N) is 1. The third-order valence-electron chi connectivity index (χ3n) is 4.00. The maximum absolute atomic E-state index is 14.4. The topological polar surface area (TPSA) is 89.6 Å². The molecule has 0 bridgehead atoms. The van der Waals surface area contributed by atoms with Crippen molar-refractivity contribution in [3.63, 3.8) is 0 Å². The van der Waals surface area contributed by atoms with Gasteiger partial charge in [-0.25, -0.2) is 14.4 Å². The molecule has 136 valence electrons. The summed E-state index contributed by atoms with van der Waals surface area (Å²) >= 11 is 11.8. The first-order chi connectivity index (χ1) is 12.3. The minimum atomic E-state index is -0.979. The van der Waals surface area contributed by atoms with Gasteiger partial charge in [0.25, 0.3) is 11.9 Å². The van der Waals surface area contributed by atoms with Gasteiger partial charge in [0.2, 0.25) is 0 Å². The molecule has 6 nitrogen and oxygen atoms in total. The second kappa shape index (κ2) is 7.09. The predicted molar refractivity (Wildman–Crippen MR) is 98.2 cm³/mol. The summed E-state index contributed by atoms with van der Waals surface area (Å²) in [5.41, 5.74) is 5.29. The lowest BCUT2D eigenvalue weighted by Gasteiger charge is -2.33. The van der Waals surface area contributed by atoms with Gasteiger partial charge in [-0.05, 0) is 31.2 Å². The molecule has 2 aromatic rings. The number of ether oxygens (including phenoxy) is 1. The van der Waals surface area contributed by atoms with Gasteiger partial charge in [0.05, 0.1) is 10.0 Å². The van der Waals surface area contributed by atoms with Gasteiger partial charge in [-0.2, -0.15) is 0 Å². The van der Waals surface area contributed by atoms with E-state index in [0.717, 1.165) is 0 Å². The lowest BCUT2D eigenvalue weighted by molar-refractivity contribution is 0.0482. The van der Waals surface area contributed by atoms with Crippen LogP contribution in [0.5, 0.6) is 0 Å². The Morgan fingerprint density at radius 2 is 2.15 bits per heavy atom. The average Bonchev–Trinajstić information content (AvgIpc) is 2.56. The van der Waals surface area contributed by atoms with E-state index >= 15 is 0 Å². The highest BCUT2D eigenvalue weighted by molar-refractivity contribution is 6.36. The molecule has 3 rings (SSSR count). The van der Waals surface area contributed by atoms with Crippen LogP contribution in [0.1, 0.15) is 29.4 Å². The Labute approximate surface area is 159 Å². The lowest BCUT2D eigenvalue weighted by atomic mass is 9.90. The van der Waals surface area contributed by atoms with Crippen molar-refractivity contribution in [2.75, 3.05) is 11.9 Å². The molecule has 9 heteroatoms. The minimum Gasteiger partial charge on any atom is -0.454 e. The van der Waals surface area contributed by atoms with E-state index in [2.05, 4.69) is 15.3 Å². The van der Waals surface area contributed by atoms with Crippen LogP contribution in [0.15, 0.2) is 35.5 Å². The smallest absolute Gasteiger partial charge is 0.282 e. The monoisotopic (exact) mass is 396 g/mol. The summed E-state index contributed by atoms with van der Waals surface area (Å²) in [7, 11) is 0. The van der Waals surface area contributed by atoms with Gasteiger partial charge in [0.1, 0.15) is 17.1 Å². The zero-order valence-corrected chi connectivity index (χ0v) is 15.2. The summed E-state index contributed by atoms with van der Waals surface area (Å²) < 4.78 is 19.9. The largest absolute Gasteiger partial charge is 0.454 e. The highest BCUT2D eigenvalue weighted by Gasteiger charge is 2.35. The van der Waals surface area contributed by atoms with Crippen molar-refractivity contribution in [1.29, 1.82) is 0 Å². The van der Waals surface area contributed by atoms with Crippen molar-refractivity contribution in [2.24, 2.45) is 10.7 Å². The maximum Gasteiger partial charge on any atom is 0.282 e. The van der Waals surface area contributed by atoms with Gasteiger partial charge < -0.3 is 15.8 Å². The molecule has 0 radical (unpaired) electrons. The molecule has 1 aliphatic heterocycles. The third-order valence-corrected chi connectivity index (χ3v) is 4.50. The molecule has 0 spiro atoms. The number of halogens is 3. The molecule has 0 saturated carbocycles. The molecule has 26 heavy (non-hydrogen) atoms. The number of amidine groups is 1. The molecule has 1 aromatic heterocycles. The van der Waals surface area contributed by atoms with E-state index in [9.17, 15) is 9.18 Å². The number of aromatic nitrogens is 1. The second-order valence-corrected chi connectivity index (χ2v) is 6.78. The summed E-state index contributed by atoms with van der Waals surface area (Å²) in [5, 5.41) is 3.07. The van der Waals surface area contributed by atoms with Crippen molar-refractivity contribution in [3.05, 3.63) is 57.6 Å². The summed E-state index contributed by atoms with van der Waals surface area (Å²) in [6.07, 6.45) is 1.77. The normalized spacial score (nSPS) is 19.5. The number of carbonyl (C=O) groups is 1. The number of nitrogens with two attached hydrogens (primary N) is 1. The SMILES string of the molecule is C[C@@]1(c2cc(NC(=O)c3ncc(Cl)cc3Cl)ccc2F)CCN=C(N)O1. The predicted octanol–water partition coefficient (Wildman–Crippen LogP) is 3.73. The first-order valence-corrected chi connectivity index (χ1v) is 8.45. The molecule has 1 atom stereocenters. The Morgan fingerprint density at radius 1 is 1.38 bits per heavy atom. The van der Waals surface area contributed by atoms with E-state index in [-0.39, 0.29) is 22.3 Å². The highest BCUT2D eigenvalue weighted by atomic mass is 35.5. The van der Waals surface area contributed by atoms with Gasteiger partial charge in [-0.15, -0.1) is 0 Å². The van der Waals surface area contributed by atoms with Crippen LogP contribution < -0.4 is 11.1 Å². The number of hydrogen-bond acceptors (Lipinski definition) is 5. The van der Waals surface area contributed by atoms with Gasteiger partial charge in [0, 0.05) is 30.4 Å². The van der Waals surface area contributed by atoms with Crippen LogP contribution >= 0.6 is 23.2 Å². The fourth-order valence-corrected chi connectivity index (χ4v) is 3.13. The summed E-state index contributed by atoms with van der Waals surface area (Å²) in [4.78, 5) is 20.3. The Hall–Kier alpha value is -2.38. The maximum atomic E-state index is 14.4. The Bertz CT molecular complexity index is 906. The van der Waals surface area contributed by atoms with Gasteiger partial charge in [-0.3, -0.25) is 4.79 Å². The average molecular weight is 397 g/mol. The molecule has 1 amide bonds. The number of aliphatic imine (C=N–C) groups is 1. The molecule has 2 heterocycles. The van der Waals surface area contributed by atoms with Crippen LogP contribution in [0.25, 0.3) is 0 Å². The van der Waals surface area contributed by atoms with Crippen LogP contribution in [0.3, 0.4) is 0 Å². The van der Waals surface area contributed by atoms with Crippen LogP contribution in [0.4, 0.5) is 10.1 Å². The quantitative estimate of drug-likeness (QED) is 0.826. The third kappa shape index (κ3) is 3.73. The number of rotatable bonds is 3. The molecule has 0 unspecified atom stereocenters. The van der Waals surface area contributed by atoms with Gasteiger partial charge in [-0.1, -0.05) is 23.2 Å². The van der Waals surface area contributed by atoms with Crippen molar-refractivity contribution >= 4 is 40.8 Å². The van der Waals surface area contributed by atoms with Crippen molar-refractivity contribution < 1.29 is 13.9 Å². The molecule has 0 fully saturated rings. The van der Waals surface area contributed by atoms with Gasteiger partial charge >= 0.3 is 0 Å². The van der Waals surface area contributed by atoms with Crippen LogP contribution in [0, 0.1) is 5.82 Å². The minimum absolute atomic E-state index is 0.00438. The van der Waals surface area contributed by atoms with E-state index in [1.165, 1.54) is 30.5 Å². The molecule has 1 aliphatic rings. The number of anilines is 1. The van der Waals surface area contributed by atoms with Crippen molar-refractivity contribution in [2.45, 2.75) is 18.9 Å². The molecule has 1 aromatic carbocycles. The van der Waals surface area contributed by atoms with E-state index in [1.807, 2.05) is 0 Å². The Morgan fingerprint density at radius 3 is 2.85 bits per heavy atom. The van der Waals surface area contributed by atoms with Crippen LogP contribution in [-0.4, -0.2) is 23.5 Å².